The van der Waals surface area contributed by atoms with E-state index in [4.69, 9.17) is 0 Å². The Morgan fingerprint density at radius 2 is 2.00 bits per heavy atom. The maximum atomic E-state index is 4.26. The lowest BCUT2D eigenvalue weighted by Crippen LogP contribution is -2.30. The molecule has 0 spiro atoms. The Morgan fingerprint density at radius 1 is 1.20 bits per heavy atom. The highest BCUT2D eigenvalue weighted by Gasteiger charge is 2.11. The van der Waals surface area contributed by atoms with E-state index < -0.39 is 0 Å². The Kier molecular flexibility index (Phi) is 3.50. The van der Waals surface area contributed by atoms with Crippen LogP contribution in [0.4, 0.5) is 5.82 Å². The minimum absolute atomic E-state index is 0.785. The summed E-state index contributed by atoms with van der Waals surface area (Å²) in [6.45, 7) is 3.04. The molecule has 0 unspecified atom stereocenters. The molecule has 0 radical (unpaired) electrons. The number of rotatable bonds is 3. The van der Waals surface area contributed by atoms with E-state index in [1.807, 2.05) is 13.1 Å². The molecule has 0 amide bonds. The van der Waals surface area contributed by atoms with Crippen LogP contribution >= 0.6 is 0 Å². The lowest BCUT2D eigenvalue weighted by atomic mass is 10.1. The lowest BCUT2D eigenvalue weighted by molar-refractivity contribution is 0.570. The highest BCUT2D eigenvalue weighted by Crippen LogP contribution is 2.16. The van der Waals surface area contributed by atoms with Crippen molar-refractivity contribution in [3.63, 3.8) is 0 Å². The van der Waals surface area contributed by atoms with Crippen LogP contribution in [0.15, 0.2) is 12.1 Å². The number of anilines is 1. The van der Waals surface area contributed by atoms with Crippen LogP contribution in [-0.2, 0) is 6.54 Å². The third-order valence-electron chi connectivity index (χ3n) is 2.74. The SMILES string of the molecule is CNCc1ccc(N2CCCCC2)nn1. The zero-order valence-corrected chi connectivity index (χ0v) is 9.24. The first kappa shape index (κ1) is 10.4. The van der Waals surface area contributed by atoms with Crippen molar-refractivity contribution >= 4 is 5.82 Å². The Hall–Kier alpha value is -1.16. The summed E-state index contributed by atoms with van der Waals surface area (Å²) in [7, 11) is 1.92. The smallest absolute Gasteiger partial charge is 0.151 e. The van der Waals surface area contributed by atoms with Crippen molar-refractivity contribution in [1.29, 1.82) is 0 Å². The molecule has 0 bridgehead atoms. The molecular weight excluding hydrogens is 188 g/mol. The van der Waals surface area contributed by atoms with Gasteiger partial charge in [0.2, 0.25) is 0 Å². The van der Waals surface area contributed by atoms with Gasteiger partial charge in [-0.15, -0.1) is 5.10 Å². The van der Waals surface area contributed by atoms with Gasteiger partial charge in [0.05, 0.1) is 5.69 Å². The van der Waals surface area contributed by atoms with Gasteiger partial charge in [0, 0.05) is 19.6 Å². The molecule has 15 heavy (non-hydrogen) atoms. The second-order valence-corrected chi connectivity index (χ2v) is 3.96. The van der Waals surface area contributed by atoms with Crippen LogP contribution < -0.4 is 10.2 Å². The number of hydrogen-bond acceptors (Lipinski definition) is 4. The quantitative estimate of drug-likeness (QED) is 0.806. The zero-order valence-electron chi connectivity index (χ0n) is 9.24. The molecule has 4 heteroatoms. The molecule has 0 aromatic carbocycles. The average molecular weight is 206 g/mol. The van der Waals surface area contributed by atoms with Crippen molar-refractivity contribution in [2.24, 2.45) is 0 Å². The molecule has 1 fully saturated rings. The molecule has 0 aliphatic carbocycles. The maximum Gasteiger partial charge on any atom is 0.151 e. The number of aromatic nitrogens is 2. The first-order chi connectivity index (χ1) is 7.40. The Bertz CT molecular complexity index is 290. The molecule has 1 saturated heterocycles. The standard InChI is InChI=1S/C11H18N4/c1-12-9-10-5-6-11(14-13-10)15-7-3-2-4-8-15/h5-6,12H,2-4,7-9H2,1H3. The number of nitrogens with one attached hydrogen (secondary N) is 1. The van der Waals surface area contributed by atoms with Gasteiger partial charge in [-0.3, -0.25) is 0 Å². The summed E-state index contributed by atoms with van der Waals surface area (Å²) in [5, 5.41) is 11.5. The van der Waals surface area contributed by atoms with Gasteiger partial charge in [-0.1, -0.05) is 0 Å². The molecule has 0 saturated carbocycles. The molecule has 1 N–H and O–H groups in total. The van der Waals surface area contributed by atoms with Crippen molar-refractivity contribution in [3.05, 3.63) is 17.8 Å². The van der Waals surface area contributed by atoms with E-state index in [2.05, 4.69) is 26.5 Å². The normalized spacial score (nSPS) is 16.7. The minimum Gasteiger partial charge on any atom is -0.355 e. The van der Waals surface area contributed by atoms with E-state index in [1.54, 1.807) is 0 Å². The van der Waals surface area contributed by atoms with Crippen molar-refractivity contribution < 1.29 is 0 Å². The van der Waals surface area contributed by atoms with Crippen molar-refractivity contribution in [2.45, 2.75) is 25.8 Å². The fourth-order valence-electron chi connectivity index (χ4n) is 1.92. The van der Waals surface area contributed by atoms with Crippen molar-refractivity contribution in [2.75, 3.05) is 25.0 Å². The number of hydrogen-bond donors (Lipinski definition) is 1. The Labute approximate surface area is 90.7 Å². The van der Waals surface area contributed by atoms with Crippen LogP contribution in [0.25, 0.3) is 0 Å². The molecule has 82 valence electrons. The highest BCUT2D eigenvalue weighted by molar-refractivity contribution is 5.37. The van der Waals surface area contributed by atoms with Gasteiger partial charge >= 0.3 is 0 Å². The van der Waals surface area contributed by atoms with E-state index in [0.717, 1.165) is 31.1 Å². The van der Waals surface area contributed by atoms with E-state index in [0.29, 0.717) is 0 Å². The van der Waals surface area contributed by atoms with Crippen LogP contribution in [0, 0.1) is 0 Å². The topological polar surface area (TPSA) is 41.0 Å². The van der Waals surface area contributed by atoms with Gasteiger partial charge in [-0.25, -0.2) is 0 Å². The van der Waals surface area contributed by atoms with E-state index in [9.17, 15) is 0 Å². The van der Waals surface area contributed by atoms with E-state index >= 15 is 0 Å². The third kappa shape index (κ3) is 2.65. The van der Waals surface area contributed by atoms with Gasteiger partial charge in [-0.05, 0) is 38.4 Å². The maximum absolute atomic E-state index is 4.26. The van der Waals surface area contributed by atoms with Crippen molar-refractivity contribution in [1.82, 2.24) is 15.5 Å². The van der Waals surface area contributed by atoms with Gasteiger partial charge in [0.1, 0.15) is 0 Å². The first-order valence-electron chi connectivity index (χ1n) is 5.62. The summed E-state index contributed by atoms with van der Waals surface area (Å²) in [5.74, 6) is 1.02. The summed E-state index contributed by atoms with van der Waals surface area (Å²) >= 11 is 0. The molecule has 2 heterocycles. The summed E-state index contributed by atoms with van der Waals surface area (Å²) in [6.07, 6.45) is 3.90. The van der Waals surface area contributed by atoms with Crippen LogP contribution in [0.5, 0.6) is 0 Å². The molecule has 1 aliphatic rings. The Balaban J connectivity index is 2.02. The monoisotopic (exact) mass is 206 g/mol. The van der Waals surface area contributed by atoms with Crippen LogP contribution in [0.2, 0.25) is 0 Å². The van der Waals surface area contributed by atoms with Crippen LogP contribution in [0.3, 0.4) is 0 Å². The molecule has 2 rings (SSSR count). The highest BCUT2D eigenvalue weighted by atomic mass is 15.3. The van der Waals surface area contributed by atoms with Gasteiger partial charge < -0.3 is 10.2 Å². The van der Waals surface area contributed by atoms with Gasteiger partial charge in [-0.2, -0.15) is 5.10 Å². The molecule has 1 aliphatic heterocycles. The summed E-state index contributed by atoms with van der Waals surface area (Å²) < 4.78 is 0. The second-order valence-electron chi connectivity index (χ2n) is 3.96. The summed E-state index contributed by atoms with van der Waals surface area (Å²) in [5.41, 5.74) is 0.998. The fraction of sp³-hybridized carbons (Fsp3) is 0.636. The minimum atomic E-state index is 0.785. The number of piperidine rings is 1. The molecule has 1 aromatic heterocycles. The largest absolute Gasteiger partial charge is 0.355 e. The summed E-state index contributed by atoms with van der Waals surface area (Å²) in [6, 6.07) is 4.12. The van der Waals surface area contributed by atoms with Crippen LogP contribution in [-0.4, -0.2) is 30.3 Å². The van der Waals surface area contributed by atoms with Gasteiger partial charge in [0.25, 0.3) is 0 Å². The first-order valence-corrected chi connectivity index (χ1v) is 5.62. The number of nitrogens with zero attached hydrogens (tertiary/aromatic N) is 3. The van der Waals surface area contributed by atoms with Crippen molar-refractivity contribution in [3.8, 4) is 0 Å². The Morgan fingerprint density at radius 3 is 2.60 bits per heavy atom. The molecule has 4 nitrogen and oxygen atoms in total. The van der Waals surface area contributed by atoms with Gasteiger partial charge in [0.15, 0.2) is 5.82 Å². The van der Waals surface area contributed by atoms with Crippen LogP contribution in [0.1, 0.15) is 25.0 Å². The zero-order chi connectivity index (χ0) is 10.5. The molecule has 1 aromatic rings. The van der Waals surface area contributed by atoms with E-state index in [-0.39, 0.29) is 0 Å². The fourth-order valence-corrected chi connectivity index (χ4v) is 1.92. The lowest BCUT2D eigenvalue weighted by Gasteiger charge is -2.27. The molecule has 0 atom stereocenters. The third-order valence-corrected chi connectivity index (χ3v) is 2.74. The van der Waals surface area contributed by atoms with E-state index in [1.165, 1.54) is 19.3 Å². The summed E-state index contributed by atoms with van der Waals surface area (Å²) in [4.78, 5) is 2.32. The average Bonchev–Trinajstić information content (AvgIpc) is 2.32. The predicted molar refractivity (Wildman–Crippen MR) is 60.9 cm³/mol. The predicted octanol–water partition coefficient (Wildman–Crippen LogP) is 1.19. The second kappa shape index (κ2) is 5.07. The molecular formula is C11H18N4.